The van der Waals surface area contributed by atoms with E-state index in [1.165, 1.54) is 31.7 Å². The van der Waals surface area contributed by atoms with Gasteiger partial charge in [-0.2, -0.15) is 0 Å². The summed E-state index contributed by atoms with van der Waals surface area (Å²) in [6.07, 6.45) is 10.9. The highest BCUT2D eigenvalue weighted by molar-refractivity contribution is 7.89. The summed E-state index contributed by atoms with van der Waals surface area (Å²) in [6, 6.07) is 16.1. The lowest BCUT2D eigenvalue weighted by Gasteiger charge is -2.26. The summed E-state index contributed by atoms with van der Waals surface area (Å²) >= 11 is 0. The van der Waals surface area contributed by atoms with Crippen LogP contribution in [-0.2, 0) is 22.9 Å². The van der Waals surface area contributed by atoms with Gasteiger partial charge in [-0.1, -0.05) is 69.4 Å². The molecule has 0 bridgehead atoms. The van der Waals surface area contributed by atoms with Crippen LogP contribution >= 0.6 is 0 Å². The van der Waals surface area contributed by atoms with Gasteiger partial charge in [-0.15, -0.1) is 0 Å². The zero-order valence-corrected chi connectivity index (χ0v) is 25.2. The number of nitrogens with zero attached hydrogens (tertiary/aromatic N) is 2. The number of carbonyl (C=O) groups is 1. The Kier molecular flexibility index (Phi) is 11.5. The molecule has 4 rings (SSSR count). The summed E-state index contributed by atoms with van der Waals surface area (Å²) in [5, 5.41) is 22.1. The smallest absolute Gasteiger partial charge is 0.322 e. The van der Waals surface area contributed by atoms with Crippen LogP contribution in [0, 0.1) is 0 Å². The summed E-state index contributed by atoms with van der Waals surface area (Å²) < 4.78 is 24.0. The van der Waals surface area contributed by atoms with Crippen molar-refractivity contribution in [2.45, 2.75) is 75.3 Å². The summed E-state index contributed by atoms with van der Waals surface area (Å²) in [4.78, 5) is 19.3. The first-order chi connectivity index (χ1) is 20.3. The van der Waals surface area contributed by atoms with Gasteiger partial charge in [-0.3, -0.25) is 9.88 Å². The van der Waals surface area contributed by atoms with E-state index >= 15 is 0 Å². The van der Waals surface area contributed by atoms with Gasteiger partial charge in [-0.25, -0.2) is 18.4 Å². The number of unbranched alkanes of at least 4 members (excludes halogenated alkanes) is 5. The molecule has 5 N–H and O–H groups in total. The van der Waals surface area contributed by atoms with Crippen LogP contribution < -0.4 is 20.7 Å². The maximum absolute atomic E-state index is 13.4. The number of sulfonamides is 1. The zero-order chi connectivity index (χ0) is 30.0. The third kappa shape index (κ3) is 8.61. The molecule has 9 nitrogen and oxygen atoms in total. The van der Waals surface area contributed by atoms with Crippen molar-refractivity contribution in [3.8, 4) is 0 Å². The summed E-state index contributed by atoms with van der Waals surface area (Å²) in [5.41, 5.74) is 4.37. The Morgan fingerprint density at radius 3 is 2.55 bits per heavy atom. The first kappa shape index (κ1) is 31.6. The van der Waals surface area contributed by atoms with Crippen LogP contribution in [0.2, 0.25) is 0 Å². The number of primary sulfonamides is 1. The number of aliphatic hydroxyl groups excluding tert-OH is 1. The van der Waals surface area contributed by atoms with Gasteiger partial charge in [0.1, 0.15) is 0 Å². The second-order valence-electron chi connectivity index (χ2n) is 10.9. The maximum atomic E-state index is 13.4. The second kappa shape index (κ2) is 15.2. The van der Waals surface area contributed by atoms with E-state index in [2.05, 4.69) is 34.7 Å². The van der Waals surface area contributed by atoms with Crippen LogP contribution in [0.15, 0.2) is 71.9 Å². The van der Waals surface area contributed by atoms with Gasteiger partial charge in [-0.05, 0) is 66.8 Å². The molecule has 2 atom stereocenters. The summed E-state index contributed by atoms with van der Waals surface area (Å²) in [6.45, 7) is 3.93. The molecule has 226 valence electrons. The Morgan fingerprint density at radius 1 is 1.07 bits per heavy atom. The number of carbonyl (C=O) groups excluding carboxylic acids is 1. The number of nitrogens with one attached hydrogen (secondary N) is 2. The highest BCUT2D eigenvalue weighted by Gasteiger charge is 2.35. The number of nitrogens with two attached hydrogens (primary N) is 1. The van der Waals surface area contributed by atoms with Crippen LogP contribution in [0.25, 0.3) is 0 Å². The van der Waals surface area contributed by atoms with E-state index in [1.54, 1.807) is 29.4 Å². The molecule has 3 aromatic rings. The van der Waals surface area contributed by atoms with Crippen LogP contribution in [0.5, 0.6) is 0 Å². The highest BCUT2D eigenvalue weighted by atomic mass is 32.2. The Bertz CT molecular complexity index is 1400. The van der Waals surface area contributed by atoms with Crippen LogP contribution in [-0.4, -0.2) is 44.2 Å². The Balaban J connectivity index is 1.39. The number of pyridine rings is 1. The van der Waals surface area contributed by atoms with Crippen molar-refractivity contribution in [3.63, 3.8) is 0 Å². The van der Waals surface area contributed by atoms with E-state index in [0.29, 0.717) is 31.7 Å². The molecule has 1 aliphatic heterocycles. The summed E-state index contributed by atoms with van der Waals surface area (Å²) in [5.74, 6) is 0. The van der Waals surface area contributed by atoms with Crippen LogP contribution in [0.1, 0.15) is 79.8 Å². The average molecular weight is 594 g/mol. The van der Waals surface area contributed by atoms with Crippen molar-refractivity contribution < 1.29 is 18.3 Å². The fraction of sp³-hybridized carbons (Fsp3) is 0.438. The predicted octanol–water partition coefficient (Wildman–Crippen LogP) is 4.77. The fourth-order valence-electron chi connectivity index (χ4n) is 5.38. The lowest BCUT2D eigenvalue weighted by molar-refractivity contribution is 0.174. The number of hydrogen-bond donors (Lipinski definition) is 4. The summed E-state index contributed by atoms with van der Waals surface area (Å²) in [7, 11) is -3.85. The van der Waals surface area contributed by atoms with E-state index < -0.39 is 16.1 Å². The Morgan fingerprint density at radius 2 is 1.83 bits per heavy atom. The van der Waals surface area contributed by atoms with E-state index in [0.717, 1.165) is 41.5 Å². The van der Waals surface area contributed by atoms with E-state index in [1.807, 2.05) is 24.3 Å². The molecule has 2 amide bonds. The highest BCUT2D eigenvalue weighted by Crippen LogP contribution is 2.41. The minimum absolute atomic E-state index is 0.0471. The van der Waals surface area contributed by atoms with Gasteiger partial charge < -0.3 is 15.7 Å². The van der Waals surface area contributed by atoms with Gasteiger partial charge in [0, 0.05) is 36.7 Å². The molecule has 42 heavy (non-hydrogen) atoms. The number of fused-ring (bicyclic) bond motifs is 1. The molecule has 0 saturated carbocycles. The van der Waals surface area contributed by atoms with Crippen molar-refractivity contribution in [1.29, 1.82) is 0 Å². The third-order valence-corrected chi connectivity index (χ3v) is 8.66. The van der Waals surface area contributed by atoms with Crippen molar-refractivity contribution in [1.82, 2.24) is 15.6 Å². The van der Waals surface area contributed by atoms with Gasteiger partial charge in [0.15, 0.2) is 0 Å². The van der Waals surface area contributed by atoms with Gasteiger partial charge >= 0.3 is 6.03 Å². The minimum atomic E-state index is -3.85. The number of benzene rings is 2. The standard InChI is InChI=1S/C32H43N5O4S/c1-2-3-4-5-6-7-18-36-32(39)37-29-15-14-28(42(33,40)41)20-27(29)21-30(37)25-12-10-24(11-13-25)16-19-35-23-31(38)26-9-8-17-34-22-26/h8-15,17,20,22,30-31,35,38H,2-7,16,18-19,21,23H2,1H3,(H,36,39)(H2,33,40,41). The quantitative estimate of drug-likeness (QED) is 0.187. The number of anilines is 1. The molecule has 0 spiro atoms. The topological polar surface area (TPSA) is 138 Å². The van der Waals surface area contributed by atoms with Crippen molar-refractivity contribution in [2.24, 2.45) is 5.14 Å². The largest absolute Gasteiger partial charge is 0.387 e. The molecule has 0 aliphatic carbocycles. The molecule has 0 radical (unpaired) electrons. The molecule has 2 unspecified atom stereocenters. The van der Waals surface area contributed by atoms with Crippen LogP contribution in [0.4, 0.5) is 10.5 Å². The van der Waals surface area contributed by atoms with Gasteiger partial charge in [0.2, 0.25) is 10.0 Å². The SMILES string of the molecule is CCCCCCCCNC(=O)N1c2ccc(S(N)(=O)=O)cc2CC1c1ccc(CCNCC(O)c2cccnc2)cc1. The van der Waals surface area contributed by atoms with Gasteiger partial charge in [0.25, 0.3) is 0 Å². The third-order valence-electron chi connectivity index (χ3n) is 7.75. The number of aromatic nitrogens is 1. The fourth-order valence-corrected chi connectivity index (χ4v) is 5.94. The van der Waals surface area contributed by atoms with Gasteiger partial charge in [0.05, 0.1) is 17.0 Å². The molecule has 2 heterocycles. The number of amides is 2. The number of urea groups is 1. The molecule has 2 aromatic carbocycles. The second-order valence-corrected chi connectivity index (χ2v) is 12.5. The molecular formula is C32H43N5O4S. The Hall–Kier alpha value is -3.31. The molecule has 1 aromatic heterocycles. The molecular weight excluding hydrogens is 550 g/mol. The van der Waals surface area contributed by atoms with Crippen molar-refractivity contribution in [3.05, 3.63) is 89.2 Å². The minimum Gasteiger partial charge on any atom is -0.387 e. The maximum Gasteiger partial charge on any atom is 0.322 e. The Labute approximate surface area is 249 Å². The van der Waals surface area contributed by atoms with E-state index in [-0.39, 0.29) is 17.0 Å². The molecule has 0 fully saturated rings. The lowest BCUT2D eigenvalue weighted by atomic mass is 10.00. The number of hydrogen-bond acceptors (Lipinski definition) is 6. The van der Waals surface area contributed by atoms with Crippen molar-refractivity contribution in [2.75, 3.05) is 24.5 Å². The monoisotopic (exact) mass is 593 g/mol. The predicted molar refractivity (Wildman–Crippen MR) is 166 cm³/mol. The van der Waals surface area contributed by atoms with E-state index in [9.17, 15) is 18.3 Å². The average Bonchev–Trinajstić information content (AvgIpc) is 3.38. The first-order valence-corrected chi connectivity index (χ1v) is 16.4. The number of aliphatic hydroxyl groups is 1. The lowest BCUT2D eigenvalue weighted by Crippen LogP contribution is -2.41. The molecule has 0 saturated heterocycles. The van der Waals surface area contributed by atoms with Crippen LogP contribution in [0.3, 0.4) is 0 Å². The molecule has 1 aliphatic rings. The first-order valence-electron chi connectivity index (χ1n) is 14.9. The zero-order valence-electron chi connectivity index (χ0n) is 24.3. The number of rotatable bonds is 15. The normalized spacial score (nSPS) is 15.4. The molecule has 10 heteroatoms. The van der Waals surface area contributed by atoms with Crippen molar-refractivity contribution >= 4 is 21.7 Å². The van der Waals surface area contributed by atoms with E-state index in [4.69, 9.17) is 5.14 Å².